The monoisotopic (exact) mass is 518 g/mol. The van der Waals surface area contributed by atoms with Crippen molar-refractivity contribution >= 4 is 35.1 Å². The molecule has 3 heterocycles. The third kappa shape index (κ3) is 6.42. The van der Waals surface area contributed by atoms with Crippen LogP contribution in [0, 0.1) is 6.92 Å². The van der Waals surface area contributed by atoms with Crippen LogP contribution in [0.1, 0.15) is 53.0 Å². The van der Waals surface area contributed by atoms with Crippen molar-refractivity contribution in [2.45, 2.75) is 57.5 Å². The van der Waals surface area contributed by atoms with Gasteiger partial charge in [-0.1, -0.05) is 29.3 Å². The molecule has 0 atom stereocenters. The van der Waals surface area contributed by atoms with E-state index in [4.69, 9.17) is 28.9 Å². The summed E-state index contributed by atoms with van der Waals surface area (Å²) in [7, 11) is 0. The number of hydrogen-bond donors (Lipinski definition) is 2. The van der Waals surface area contributed by atoms with Crippen molar-refractivity contribution in [3.8, 4) is 0 Å². The van der Waals surface area contributed by atoms with Crippen LogP contribution < -0.4 is 11.1 Å². The number of amides is 3. The van der Waals surface area contributed by atoms with Gasteiger partial charge in [-0.3, -0.25) is 4.79 Å². The number of nitrogens with zero attached hydrogens (tertiary/aromatic N) is 4. The van der Waals surface area contributed by atoms with Crippen LogP contribution in [-0.2, 0) is 12.8 Å². The summed E-state index contributed by atoms with van der Waals surface area (Å²) >= 11 is 12.1. The molecule has 0 aliphatic carbocycles. The first-order valence-electron chi connectivity index (χ1n) is 12.2. The average Bonchev–Trinajstić information content (AvgIpc) is 2.85. The van der Waals surface area contributed by atoms with E-state index in [1.807, 2.05) is 24.0 Å². The Morgan fingerprint density at radius 3 is 2.40 bits per heavy atom. The minimum atomic E-state index is -0.451. The smallest absolute Gasteiger partial charge is 0.312 e. The number of nitrogens with one attached hydrogen (secondary N) is 1. The van der Waals surface area contributed by atoms with Gasteiger partial charge in [0.15, 0.2) is 0 Å². The van der Waals surface area contributed by atoms with E-state index in [-0.39, 0.29) is 11.9 Å². The lowest BCUT2D eigenvalue weighted by atomic mass is 9.97. The molecule has 0 saturated carbocycles. The molecule has 2 saturated heterocycles. The normalized spacial score (nSPS) is 18.0. The molecule has 1 aromatic carbocycles. The van der Waals surface area contributed by atoms with Gasteiger partial charge < -0.3 is 20.9 Å². The third-order valence-corrected chi connectivity index (χ3v) is 7.91. The molecule has 1 aromatic heterocycles. The molecule has 3 amide bonds. The Hall–Kier alpha value is -2.42. The SMILES string of the molecule is Cc1c(CCc2ccc(Cl)c(Cl)c2)ncnc1C(=O)N1CCC(N2CCC(NC(N)=O)CC2)CC1. The number of halogens is 2. The summed E-state index contributed by atoms with van der Waals surface area (Å²) in [5.41, 5.74) is 8.51. The number of likely N-dealkylation sites (tertiary alicyclic amines) is 2. The van der Waals surface area contributed by atoms with E-state index in [1.165, 1.54) is 6.33 Å². The number of piperidine rings is 2. The van der Waals surface area contributed by atoms with Crippen LogP contribution in [0.4, 0.5) is 4.79 Å². The number of urea groups is 1. The molecule has 0 unspecified atom stereocenters. The second-order valence-corrected chi connectivity index (χ2v) is 10.2. The lowest BCUT2D eigenvalue weighted by Crippen LogP contribution is -2.52. The molecule has 2 aromatic rings. The zero-order chi connectivity index (χ0) is 24.9. The van der Waals surface area contributed by atoms with Gasteiger partial charge in [0.25, 0.3) is 5.91 Å². The Bertz CT molecular complexity index is 1070. The highest BCUT2D eigenvalue weighted by Gasteiger charge is 2.31. The first-order chi connectivity index (χ1) is 16.8. The summed E-state index contributed by atoms with van der Waals surface area (Å²) in [5.74, 6) is -0.0245. The number of nitrogens with two attached hydrogens (primary N) is 1. The third-order valence-electron chi connectivity index (χ3n) is 7.17. The molecule has 2 aliphatic heterocycles. The maximum absolute atomic E-state index is 13.3. The van der Waals surface area contributed by atoms with E-state index in [2.05, 4.69) is 20.2 Å². The number of carbonyl (C=O) groups excluding carboxylic acids is 2. The molecular weight excluding hydrogens is 487 g/mol. The first-order valence-corrected chi connectivity index (χ1v) is 12.9. The number of rotatable bonds is 6. The molecule has 10 heteroatoms. The highest BCUT2D eigenvalue weighted by Crippen LogP contribution is 2.25. The fourth-order valence-electron chi connectivity index (χ4n) is 5.11. The zero-order valence-corrected chi connectivity index (χ0v) is 21.5. The minimum absolute atomic E-state index is 0.0245. The standard InChI is InChI=1S/C25H32Cl2N6O2/c1-16-22(5-3-17-2-4-20(26)21(27)14-17)29-15-30-23(16)24(34)33-12-8-19(9-13-33)32-10-6-18(7-11-32)31-25(28)35/h2,4,14-15,18-19H,3,5-13H2,1H3,(H3,28,31,35). The minimum Gasteiger partial charge on any atom is -0.352 e. The predicted octanol–water partition coefficient (Wildman–Crippen LogP) is 3.61. The second-order valence-electron chi connectivity index (χ2n) is 9.38. The van der Waals surface area contributed by atoms with E-state index in [0.717, 1.165) is 62.0 Å². The van der Waals surface area contributed by atoms with Crippen molar-refractivity contribution < 1.29 is 9.59 Å². The van der Waals surface area contributed by atoms with E-state index in [1.54, 1.807) is 6.07 Å². The maximum Gasteiger partial charge on any atom is 0.312 e. The lowest BCUT2D eigenvalue weighted by molar-refractivity contribution is 0.0567. The Morgan fingerprint density at radius 2 is 1.74 bits per heavy atom. The summed E-state index contributed by atoms with van der Waals surface area (Å²) in [4.78, 5) is 37.5. The quantitative estimate of drug-likeness (QED) is 0.607. The number of carbonyl (C=O) groups is 2. The van der Waals surface area contributed by atoms with Crippen LogP contribution in [0.5, 0.6) is 0 Å². The van der Waals surface area contributed by atoms with Gasteiger partial charge in [-0.2, -0.15) is 0 Å². The van der Waals surface area contributed by atoms with Crippen LogP contribution in [-0.4, -0.2) is 70.0 Å². The number of benzene rings is 1. The number of hydrogen-bond acceptors (Lipinski definition) is 5. The largest absolute Gasteiger partial charge is 0.352 e. The summed E-state index contributed by atoms with van der Waals surface area (Å²) in [6.07, 6.45) is 6.62. The summed E-state index contributed by atoms with van der Waals surface area (Å²) < 4.78 is 0. The highest BCUT2D eigenvalue weighted by atomic mass is 35.5. The van der Waals surface area contributed by atoms with Crippen molar-refractivity contribution in [1.82, 2.24) is 25.1 Å². The molecular formula is C25H32Cl2N6O2. The average molecular weight is 519 g/mol. The molecule has 8 nitrogen and oxygen atoms in total. The van der Waals surface area contributed by atoms with Gasteiger partial charge in [0, 0.05) is 49.5 Å². The van der Waals surface area contributed by atoms with Crippen LogP contribution >= 0.6 is 23.2 Å². The molecule has 188 valence electrons. The van der Waals surface area contributed by atoms with Crippen molar-refractivity contribution in [2.24, 2.45) is 5.73 Å². The number of aryl methyl sites for hydroxylation is 2. The van der Waals surface area contributed by atoms with E-state index < -0.39 is 6.03 Å². The second kappa shape index (κ2) is 11.5. The van der Waals surface area contributed by atoms with Crippen LogP contribution in [0.15, 0.2) is 24.5 Å². The van der Waals surface area contributed by atoms with Gasteiger partial charge in [-0.05, 0) is 63.1 Å². The van der Waals surface area contributed by atoms with Gasteiger partial charge in [-0.15, -0.1) is 0 Å². The lowest BCUT2D eigenvalue weighted by Gasteiger charge is -2.41. The Morgan fingerprint density at radius 1 is 1.03 bits per heavy atom. The number of primary amides is 1. The summed E-state index contributed by atoms with van der Waals surface area (Å²) in [6.45, 7) is 5.23. The Kier molecular flexibility index (Phi) is 8.46. The molecule has 4 rings (SSSR count). The molecule has 0 spiro atoms. The molecule has 2 aliphatic rings. The van der Waals surface area contributed by atoms with Crippen LogP contribution in [0.2, 0.25) is 10.0 Å². The van der Waals surface area contributed by atoms with Crippen LogP contribution in [0.25, 0.3) is 0 Å². The Labute approximate surface area is 216 Å². The molecule has 35 heavy (non-hydrogen) atoms. The Balaban J connectivity index is 1.31. The van der Waals surface area contributed by atoms with E-state index in [0.29, 0.717) is 41.3 Å². The maximum atomic E-state index is 13.3. The fraction of sp³-hybridized carbons (Fsp3) is 0.520. The van der Waals surface area contributed by atoms with E-state index in [9.17, 15) is 9.59 Å². The predicted molar refractivity (Wildman–Crippen MR) is 137 cm³/mol. The first kappa shape index (κ1) is 25.7. The number of aromatic nitrogens is 2. The van der Waals surface area contributed by atoms with Gasteiger partial charge in [0.1, 0.15) is 12.0 Å². The molecule has 3 N–H and O–H groups in total. The molecule has 2 fully saturated rings. The van der Waals surface area contributed by atoms with Gasteiger partial charge >= 0.3 is 6.03 Å². The zero-order valence-electron chi connectivity index (χ0n) is 20.0. The van der Waals surface area contributed by atoms with Gasteiger partial charge in [-0.25, -0.2) is 14.8 Å². The van der Waals surface area contributed by atoms with E-state index >= 15 is 0 Å². The van der Waals surface area contributed by atoms with Crippen molar-refractivity contribution in [3.05, 3.63) is 57.1 Å². The van der Waals surface area contributed by atoms with Crippen LogP contribution in [0.3, 0.4) is 0 Å². The summed E-state index contributed by atoms with van der Waals surface area (Å²) in [5, 5.41) is 3.89. The fourth-order valence-corrected chi connectivity index (χ4v) is 5.43. The van der Waals surface area contributed by atoms with Crippen molar-refractivity contribution in [2.75, 3.05) is 26.2 Å². The van der Waals surface area contributed by atoms with Crippen molar-refractivity contribution in [3.63, 3.8) is 0 Å². The highest BCUT2D eigenvalue weighted by molar-refractivity contribution is 6.42. The topological polar surface area (TPSA) is 104 Å². The van der Waals surface area contributed by atoms with Gasteiger partial charge in [0.05, 0.1) is 10.0 Å². The van der Waals surface area contributed by atoms with Gasteiger partial charge in [0.2, 0.25) is 0 Å². The molecule has 0 bridgehead atoms. The van der Waals surface area contributed by atoms with Crippen molar-refractivity contribution in [1.29, 1.82) is 0 Å². The molecule has 0 radical (unpaired) electrons. The summed E-state index contributed by atoms with van der Waals surface area (Å²) in [6, 6.07) is 5.79.